The molecule has 1 amide bonds. The Morgan fingerprint density at radius 2 is 1.91 bits per heavy atom. The molecule has 1 aliphatic heterocycles. The number of carbonyl (C=O) groups is 1. The zero-order valence-corrected chi connectivity index (χ0v) is 14.7. The molecule has 5 nitrogen and oxygen atoms in total. The van der Waals surface area contributed by atoms with Gasteiger partial charge in [-0.05, 0) is 36.9 Å². The van der Waals surface area contributed by atoms with Crippen LogP contribution in [0.1, 0.15) is 27.2 Å². The van der Waals surface area contributed by atoms with Crippen molar-refractivity contribution >= 4 is 17.4 Å². The number of likely N-dealkylation sites (N-methyl/N-ethyl adjacent to an activating group) is 1. The lowest BCUT2D eigenvalue weighted by Gasteiger charge is -2.33. The average molecular weight is 316 g/mol. The van der Waals surface area contributed by atoms with Crippen LogP contribution in [0.3, 0.4) is 0 Å². The fourth-order valence-electron chi connectivity index (χ4n) is 3.37. The quantitative estimate of drug-likeness (QED) is 0.930. The van der Waals surface area contributed by atoms with E-state index >= 15 is 0 Å². The van der Waals surface area contributed by atoms with Crippen LogP contribution in [-0.2, 0) is 4.79 Å². The van der Waals surface area contributed by atoms with Crippen molar-refractivity contribution in [3.8, 4) is 0 Å². The molecule has 1 aromatic rings. The van der Waals surface area contributed by atoms with Crippen molar-refractivity contribution in [2.45, 2.75) is 27.2 Å². The molecule has 1 saturated heterocycles. The number of hydrogen-bond acceptors (Lipinski definition) is 4. The smallest absolute Gasteiger partial charge is 0.228 e. The van der Waals surface area contributed by atoms with Crippen LogP contribution in [0.2, 0.25) is 0 Å². The monoisotopic (exact) mass is 316 g/mol. The molecular weight excluding hydrogens is 288 g/mol. The topological polar surface area (TPSA) is 48.5 Å². The van der Waals surface area contributed by atoms with E-state index in [2.05, 4.69) is 54.0 Å². The molecule has 2 fully saturated rings. The lowest BCUT2D eigenvalue weighted by Crippen LogP contribution is -2.44. The van der Waals surface area contributed by atoms with Gasteiger partial charge in [0.1, 0.15) is 5.82 Å². The minimum Gasteiger partial charge on any atom is -0.368 e. The number of hydrogen-bond donors (Lipinski definition) is 1. The van der Waals surface area contributed by atoms with Gasteiger partial charge in [-0.2, -0.15) is 0 Å². The van der Waals surface area contributed by atoms with Crippen molar-refractivity contribution in [2.75, 3.05) is 43.4 Å². The van der Waals surface area contributed by atoms with Gasteiger partial charge in [0, 0.05) is 32.1 Å². The maximum absolute atomic E-state index is 12.3. The molecule has 2 atom stereocenters. The van der Waals surface area contributed by atoms with Crippen LogP contribution in [0.4, 0.5) is 11.5 Å². The first-order chi connectivity index (χ1) is 10.8. The molecule has 1 saturated carbocycles. The second-order valence-corrected chi connectivity index (χ2v) is 8.00. The fraction of sp³-hybridized carbons (Fsp3) is 0.667. The van der Waals surface area contributed by atoms with E-state index in [9.17, 15) is 4.79 Å². The Kier molecular flexibility index (Phi) is 4.32. The molecular formula is C18H28N4O. The number of pyridine rings is 1. The standard InChI is InChI=1S/C18H28N4O/c1-18(2,3)15-11-14(15)17(23)20-16-6-5-13(12-19-16)22-9-7-21(4)8-10-22/h5-6,12,14-15H,7-11H2,1-4H3,(H,19,20,23)/t14-,15-/m1/s1. The van der Waals surface area contributed by atoms with Crippen LogP contribution >= 0.6 is 0 Å². The number of nitrogens with zero attached hydrogens (tertiary/aromatic N) is 3. The number of anilines is 2. The van der Waals surface area contributed by atoms with Crippen LogP contribution in [-0.4, -0.2) is 49.0 Å². The SMILES string of the molecule is CN1CCN(c2ccc(NC(=O)[C@@H]3C[C@H]3C(C)(C)C)nc2)CC1. The summed E-state index contributed by atoms with van der Waals surface area (Å²) >= 11 is 0. The van der Waals surface area contributed by atoms with Gasteiger partial charge in [0.15, 0.2) is 0 Å². The third kappa shape index (κ3) is 3.83. The van der Waals surface area contributed by atoms with E-state index < -0.39 is 0 Å². The molecule has 2 heterocycles. The Morgan fingerprint density at radius 1 is 1.22 bits per heavy atom. The lowest BCUT2D eigenvalue weighted by molar-refractivity contribution is -0.118. The van der Waals surface area contributed by atoms with Crippen molar-refractivity contribution in [3.63, 3.8) is 0 Å². The summed E-state index contributed by atoms with van der Waals surface area (Å²) in [5.74, 6) is 1.42. The Labute approximate surface area is 139 Å². The van der Waals surface area contributed by atoms with Crippen molar-refractivity contribution in [1.82, 2.24) is 9.88 Å². The molecule has 1 aromatic heterocycles. The summed E-state index contributed by atoms with van der Waals surface area (Å²) in [5.41, 5.74) is 1.34. The van der Waals surface area contributed by atoms with Crippen LogP contribution in [0.15, 0.2) is 18.3 Å². The summed E-state index contributed by atoms with van der Waals surface area (Å²) in [4.78, 5) is 21.4. The van der Waals surface area contributed by atoms with Crippen LogP contribution in [0.25, 0.3) is 0 Å². The first-order valence-electron chi connectivity index (χ1n) is 8.55. The number of piperazine rings is 1. The van der Waals surface area contributed by atoms with Crippen molar-refractivity contribution in [2.24, 2.45) is 17.3 Å². The summed E-state index contributed by atoms with van der Waals surface area (Å²) in [5, 5.41) is 2.97. The molecule has 1 N–H and O–H groups in total. The Bertz CT molecular complexity index is 555. The maximum atomic E-state index is 12.3. The average Bonchev–Trinajstić information content (AvgIpc) is 3.29. The Hall–Kier alpha value is -1.62. The number of rotatable bonds is 3. The summed E-state index contributed by atoms with van der Waals surface area (Å²) in [7, 11) is 2.15. The molecule has 126 valence electrons. The van der Waals surface area contributed by atoms with E-state index in [4.69, 9.17) is 0 Å². The van der Waals surface area contributed by atoms with E-state index in [-0.39, 0.29) is 17.2 Å². The normalized spacial score (nSPS) is 25.3. The zero-order chi connectivity index (χ0) is 16.6. The van der Waals surface area contributed by atoms with E-state index in [0.29, 0.717) is 11.7 Å². The van der Waals surface area contributed by atoms with Gasteiger partial charge in [-0.1, -0.05) is 20.8 Å². The van der Waals surface area contributed by atoms with E-state index in [1.165, 1.54) is 0 Å². The van der Waals surface area contributed by atoms with Gasteiger partial charge in [-0.15, -0.1) is 0 Å². The molecule has 0 aromatic carbocycles. The summed E-state index contributed by atoms with van der Waals surface area (Å²) < 4.78 is 0. The maximum Gasteiger partial charge on any atom is 0.228 e. The number of amides is 1. The predicted octanol–water partition coefficient (Wildman–Crippen LogP) is 2.45. The molecule has 0 radical (unpaired) electrons. The van der Waals surface area contributed by atoms with Gasteiger partial charge < -0.3 is 15.1 Å². The van der Waals surface area contributed by atoms with E-state index in [1.54, 1.807) is 0 Å². The molecule has 3 rings (SSSR count). The van der Waals surface area contributed by atoms with Crippen LogP contribution in [0.5, 0.6) is 0 Å². The number of carbonyl (C=O) groups excluding carboxylic acids is 1. The minimum atomic E-state index is 0.116. The highest BCUT2D eigenvalue weighted by molar-refractivity contribution is 5.93. The Balaban J connectivity index is 1.55. The van der Waals surface area contributed by atoms with Gasteiger partial charge in [0.05, 0.1) is 11.9 Å². The molecule has 0 spiro atoms. The molecule has 0 bridgehead atoms. The highest BCUT2D eigenvalue weighted by Gasteiger charge is 2.49. The van der Waals surface area contributed by atoms with Gasteiger partial charge >= 0.3 is 0 Å². The zero-order valence-electron chi connectivity index (χ0n) is 14.7. The van der Waals surface area contributed by atoms with Gasteiger partial charge in [0.25, 0.3) is 0 Å². The lowest BCUT2D eigenvalue weighted by atomic mass is 9.89. The van der Waals surface area contributed by atoms with Gasteiger partial charge in [-0.25, -0.2) is 4.98 Å². The van der Waals surface area contributed by atoms with Gasteiger partial charge in [-0.3, -0.25) is 4.79 Å². The first-order valence-corrected chi connectivity index (χ1v) is 8.55. The van der Waals surface area contributed by atoms with Gasteiger partial charge in [0.2, 0.25) is 5.91 Å². The fourth-order valence-corrected chi connectivity index (χ4v) is 3.37. The van der Waals surface area contributed by atoms with E-state index in [0.717, 1.165) is 38.3 Å². The molecule has 23 heavy (non-hydrogen) atoms. The summed E-state index contributed by atoms with van der Waals surface area (Å²) in [6.07, 6.45) is 2.86. The molecule has 2 aliphatic rings. The molecule has 1 aliphatic carbocycles. The highest BCUT2D eigenvalue weighted by atomic mass is 16.2. The summed E-state index contributed by atoms with van der Waals surface area (Å²) in [6.45, 7) is 10.8. The van der Waals surface area contributed by atoms with Crippen molar-refractivity contribution < 1.29 is 4.79 Å². The Morgan fingerprint density at radius 3 is 2.43 bits per heavy atom. The van der Waals surface area contributed by atoms with Crippen molar-refractivity contribution in [1.29, 1.82) is 0 Å². The second-order valence-electron chi connectivity index (χ2n) is 8.00. The first kappa shape index (κ1) is 16.2. The minimum absolute atomic E-state index is 0.116. The second kappa shape index (κ2) is 6.11. The molecule has 5 heteroatoms. The molecule has 0 unspecified atom stereocenters. The van der Waals surface area contributed by atoms with Crippen molar-refractivity contribution in [3.05, 3.63) is 18.3 Å². The summed E-state index contributed by atoms with van der Waals surface area (Å²) in [6, 6.07) is 3.97. The van der Waals surface area contributed by atoms with E-state index in [1.807, 2.05) is 12.3 Å². The third-order valence-electron chi connectivity index (χ3n) is 5.11. The predicted molar refractivity (Wildman–Crippen MR) is 93.6 cm³/mol. The van der Waals surface area contributed by atoms with Crippen LogP contribution < -0.4 is 10.2 Å². The number of nitrogens with one attached hydrogen (secondary N) is 1. The highest BCUT2D eigenvalue weighted by Crippen LogP contribution is 2.50. The van der Waals surface area contributed by atoms with Crippen LogP contribution in [0, 0.1) is 17.3 Å². The third-order valence-corrected chi connectivity index (χ3v) is 5.11. The largest absolute Gasteiger partial charge is 0.368 e. The number of aromatic nitrogens is 1.